The number of rotatable bonds is 0. The Morgan fingerprint density at radius 3 is 0.800 bits per heavy atom. The van der Waals surface area contributed by atoms with E-state index in [1.54, 1.807) is 0 Å². The summed E-state index contributed by atoms with van der Waals surface area (Å²) in [5.41, 5.74) is 0. The summed E-state index contributed by atoms with van der Waals surface area (Å²) in [6.45, 7) is 0. The first-order valence-corrected chi connectivity index (χ1v) is 0. The molecule has 0 amide bonds. The topological polar surface area (TPSA) is 57.0 Å². The smallest absolute Gasteiger partial charge is 2.00 e. The Labute approximate surface area is 79.0 Å². The predicted molar refractivity (Wildman–Crippen MR) is 1.37 cm³/mol. The van der Waals surface area contributed by atoms with Gasteiger partial charge in [0.1, 0.15) is 0 Å². The fraction of sp³-hybridized carbons (Fsp3) is 0. The Kier molecular flexibility index (Phi) is 394. The van der Waals surface area contributed by atoms with Gasteiger partial charge in [-0.3, -0.25) is 0 Å². The van der Waals surface area contributed by atoms with Crippen LogP contribution in [0, 0.1) is 0 Å². The van der Waals surface area contributed by atoms with Crippen LogP contribution in [0.3, 0.4) is 0 Å². The van der Waals surface area contributed by atoms with E-state index in [0.29, 0.717) is 0 Å². The molecular formula is O2PtTiZr. The van der Waals surface area contributed by atoms with E-state index < -0.39 is 0 Å². The van der Waals surface area contributed by atoms with Gasteiger partial charge < -0.3 is 11.0 Å². The second-order valence-electron chi connectivity index (χ2n) is 0. The third-order valence-electron chi connectivity index (χ3n) is 0. The maximum atomic E-state index is 0. The van der Waals surface area contributed by atoms with Crippen molar-refractivity contribution in [1.29, 1.82) is 0 Å². The second kappa shape index (κ2) is 34.6. The van der Waals surface area contributed by atoms with Crippen LogP contribution in [0.2, 0.25) is 0 Å². The first-order valence-electron chi connectivity index (χ1n) is 0. The zero-order valence-electron chi connectivity index (χ0n) is 2.13. The molecule has 0 aliphatic heterocycles. The summed E-state index contributed by atoms with van der Waals surface area (Å²) < 4.78 is 0. The van der Waals surface area contributed by atoms with Gasteiger partial charge in [-0.05, 0) is 0 Å². The molecule has 0 spiro atoms. The van der Waals surface area contributed by atoms with Gasteiger partial charge in [-0.25, -0.2) is 0 Å². The molecule has 0 aliphatic rings. The van der Waals surface area contributed by atoms with Crippen molar-refractivity contribution in [2.75, 3.05) is 0 Å². The SMILES string of the molecule is [O-2].[O-2].[Pt].[Ti+4].[Zr]. The fourth-order valence-electron chi connectivity index (χ4n) is 0. The van der Waals surface area contributed by atoms with Crippen LogP contribution >= 0.6 is 0 Å². The van der Waals surface area contributed by atoms with E-state index in [2.05, 4.69) is 0 Å². The fourth-order valence-corrected chi connectivity index (χ4v) is 0. The van der Waals surface area contributed by atoms with Crippen LogP contribution < -0.4 is 0 Å². The minimum atomic E-state index is 0. The molecule has 5 heteroatoms. The van der Waals surface area contributed by atoms with Gasteiger partial charge in [0.05, 0.1) is 0 Å². The molecule has 0 N–H and O–H groups in total. The summed E-state index contributed by atoms with van der Waals surface area (Å²) in [6.07, 6.45) is 0. The third kappa shape index (κ3) is 22.6. The van der Waals surface area contributed by atoms with Crippen molar-refractivity contribution < 1.29 is 79.9 Å². The molecule has 0 rings (SSSR count). The van der Waals surface area contributed by atoms with Crippen LogP contribution in [0.4, 0.5) is 0 Å². The van der Waals surface area contributed by atoms with Gasteiger partial charge in [-0.15, -0.1) is 0 Å². The molecule has 0 radical (unpaired) electrons. The summed E-state index contributed by atoms with van der Waals surface area (Å²) in [5, 5.41) is 0. The van der Waals surface area contributed by atoms with Crippen LogP contribution in [0.15, 0.2) is 0 Å². The molecule has 0 aromatic heterocycles. The van der Waals surface area contributed by atoms with Crippen LogP contribution in [-0.4, -0.2) is 0 Å². The normalized spacial score (nSPS) is 0. The first kappa shape index (κ1) is 57.0. The molecule has 0 aromatic rings. The molecule has 5 heavy (non-hydrogen) atoms. The molecule has 0 unspecified atom stereocenters. The Balaban J connectivity index is 0. The molecule has 0 atom stereocenters. The number of hydrogen-bond donors (Lipinski definition) is 0. The molecule has 0 bridgehead atoms. The quantitative estimate of drug-likeness (QED) is 0.532. The van der Waals surface area contributed by atoms with E-state index >= 15 is 0 Å². The van der Waals surface area contributed by atoms with Crippen LogP contribution in [-0.2, 0) is 79.9 Å². The van der Waals surface area contributed by atoms with Crippen molar-refractivity contribution in [2.24, 2.45) is 0 Å². The summed E-state index contributed by atoms with van der Waals surface area (Å²) in [7, 11) is 0. The van der Waals surface area contributed by atoms with Crippen molar-refractivity contribution in [1.82, 2.24) is 0 Å². The predicted octanol–water partition coefficient (Wildman–Crippen LogP) is -0.245. The Morgan fingerprint density at radius 2 is 0.800 bits per heavy atom. The van der Waals surface area contributed by atoms with Crippen LogP contribution in [0.25, 0.3) is 0 Å². The monoisotopic (exact) mass is 365 g/mol. The first-order chi connectivity index (χ1) is 0. The van der Waals surface area contributed by atoms with Crippen molar-refractivity contribution in [3.05, 3.63) is 0 Å². The van der Waals surface area contributed by atoms with Gasteiger partial charge in [0.2, 0.25) is 0 Å². The van der Waals surface area contributed by atoms with Crippen molar-refractivity contribution in [3.8, 4) is 0 Å². The molecule has 0 aromatic carbocycles. The summed E-state index contributed by atoms with van der Waals surface area (Å²) in [4.78, 5) is 0. The van der Waals surface area contributed by atoms with Crippen molar-refractivity contribution in [3.63, 3.8) is 0 Å². The average molecular weight is 366 g/mol. The van der Waals surface area contributed by atoms with Gasteiger partial charge in [0, 0.05) is 47.3 Å². The molecule has 0 saturated carbocycles. The molecule has 0 heterocycles. The van der Waals surface area contributed by atoms with Crippen molar-refractivity contribution in [2.45, 2.75) is 0 Å². The Bertz CT molecular complexity index is 9.61. The zero-order valence-corrected chi connectivity index (χ0v) is 8.42. The minimum absolute atomic E-state index is 0. The van der Waals surface area contributed by atoms with E-state index in [9.17, 15) is 0 Å². The van der Waals surface area contributed by atoms with Gasteiger partial charge in [-0.2, -0.15) is 0 Å². The molecule has 2 nitrogen and oxygen atoms in total. The molecule has 0 fully saturated rings. The Morgan fingerprint density at radius 1 is 0.800 bits per heavy atom. The zero-order chi connectivity index (χ0) is 0. The maximum Gasteiger partial charge on any atom is 4.00 e. The molecule has 30 valence electrons. The third-order valence-corrected chi connectivity index (χ3v) is 0. The average Bonchev–Trinajstić information content (AvgIpc) is 0. The second-order valence-corrected chi connectivity index (χ2v) is 0. The van der Waals surface area contributed by atoms with Crippen LogP contribution in [0.5, 0.6) is 0 Å². The standard InChI is InChI=1S/2O.Pt.Ti.Zr/q2*-2;;+4;. The van der Waals surface area contributed by atoms with Gasteiger partial charge in [-0.1, -0.05) is 0 Å². The van der Waals surface area contributed by atoms with E-state index in [0.717, 1.165) is 0 Å². The van der Waals surface area contributed by atoms with Gasteiger partial charge in [0.15, 0.2) is 0 Å². The maximum absolute atomic E-state index is 0. The van der Waals surface area contributed by atoms with E-state index in [4.69, 9.17) is 0 Å². The minimum Gasteiger partial charge on any atom is -2.00 e. The van der Waals surface area contributed by atoms with Gasteiger partial charge >= 0.3 is 21.7 Å². The summed E-state index contributed by atoms with van der Waals surface area (Å²) in [6, 6.07) is 0. The number of hydrogen-bond acceptors (Lipinski definition) is 0. The van der Waals surface area contributed by atoms with Gasteiger partial charge in [0.25, 0.3) is 0 Å². The van der Waals surface area contributed by atoms with E-state index in [1.807, 2.05) is 0 Å². The summed E-state index contributed by atoms with van der Waals surface area (Å²) in [5.74, 6) is 0. The Hall–Kier alpha value is 2.21. The largest absolute Gasteiger partial charge is 4.00 e. The molecular weight excluding hydrogens is 366 g/mol. The molecule has 0 aliphatic carbocycles. The van der Waals surface area contributed by atoms with Crippen molar-refractivity contribution >= 4 is 0 Å². The van der Waals surface area contributed by atoms with E-state index in [1.165, 1.54) is 0 Å². The summed E-state index contributed by atoms with van der Waals surface area (Å²) >= 11 is 0. The molecule has 0 saturated heterocycles. The van der Waals surface area contributed by atoms with E-state index in [-0.39, 0.29) is 79.9 Å². The van der Waals surface area contributed by atoms with Crippen LogP contribution in [0.1, 0.15) is 0 Å².